The van der Waals surface area contributed by atoms with Crippen LogP contribution in [0.3, 0.4) is 0 Å². The first-order valence-electron chi connectivity index (χ1n) is 13.1. The van der Waals surface area contributed by atoms with E-state index in [1.807, 2.05) is 52.0 Å². The fourth-order valence-corrected chi connectivity index (χ4v) is 5.71. The smallest absolute Gasteiger partial charge is 0.271 e. The van der Waals surface area contributed by atoms with E-state index < -0.39 is 10.0 Å². The lowest BCUT2D eigenvalue weighted by molar-refractivity contribution is 0.0955. The number of hydrogen-bond acceptors (Lipinski definition) is 4. The highest BCUT2D eigenvalue weighted by molar-refractivity contribution is 7.92. The second-order valence-electron chi connectivity index (χ2n) is 10.4. The van der Waals surface area contributed by atoms with Crippen LogP contribution in [0.2, 0.25) is 0 Å². The van der Waals surface area contributed by atoms with Gasteiger partial charge in [-0.3, -0.25) is 9.10 Å². The molecule has 0 saturated heterocycles. The summed E-state index contributed by atoms with van der Waals surface area (Å²) < 4.78 is 28.6. The third-order valence-electron chi connectivity index (χ3n) is 7.03. The molecular formula is C32H36N4O3S. The molecule has 0 fully saturated rings. The fraction of sp³-hybridized carbons (Fsp3) is 0.250. The van der Waals surface area contributed by atoms with Gasteiger partial charge in [0.05, 0.1) is 24.7 Å². The van der Waals surface area contributed by atoms with Gasteiger partial charge in [-0.05, 0) is 112 Å². The van der Waals surface area contributed by atoms with Crippen molar-refractivity contribution in [2.24, 2.45) is 5.10 Å². The van der Waals surface area contributed by atoms with E-state index in [1.54, 1.807) is 30.5 Å². The van der Waals surface area contributed by atoms with Gasteiger partial charge in [0.2, 0.25) is 10.0 Å². The first-order chi connectivity index (χ1) is 18.8. The largest absolute Gasteiger partial charge is 0.318 e. The number of carbonyl (C=O) groups is 1. The Morgan fingerprint density at radius 2 is 1.52 bits per heavy atom. The molecule has 1 amide bonds. The van der Waals surface area contributed by atoms with Crippen molar-refractivity contribution in [1.82, 2.24) is 9.99 Å². The molecule has 0 unspecified atom stereocenters. The Bertz CT molecular complexity index is 1680. The average molecular weight is 557 g/mol. The summed E-state index contributed by atoms with van der Waals surface area (Å²) in [5, 5.41) is 4.19. The predicted molar refractivity (Wildman–Crippen MR) is 163 cm³/mol. The minimum absolute atomic E-state index is 0.164. The van der Waals surface area contributed by atoms with Crippen LogP contribution in [-0.4, -0.2) is 31.4 Å². The summed E-state index contributed by atoms with van der Waals surface area (Å²) in [6.07, 6.45) is 2.85. The monoisotopic (exact) mass is 556 g/mol. The number of nitrogens with zero attached hydrogens (tertiary/aromatic N) is 3. The summed E-state index contributed by atoms with van der Waals surface area (Å²) in [5.74, 6) is -0.347. The number of anilines is 1. The SMILES string of the molecule is Cc1cc(C)cc(-n2c(C)cc(/C=N/NC(=O)c3ccc(CN(c4ccc(C)c(C)c4)S(C)(=O)=O)cc3)c2C)c1. The van der Waals surface area contributed by atoms with Gasteiger partial charge in [0.25, 0.3) is 5.91 Å². The Labute approximate surface area is 237 Å². The van der Waals surface area contributed by atoms with Crippen molar-refractivity contribution in [3.8, 4) is 5.69 Å². The van der Waals surface area contributed by atoms with Crippen LogP contribution < -0.4 is 9.73 Å². The van der Waals surface area contributed by atoms with Crippen molar-refractivity contribution in [3.05, 3.63) is 117 Å². The van der Waals surface area contributed by atoms with Crippen LogP contribution in [0.1, 0.15) is 55.1 Å². The molecule has 8 heteroatoms. The molecule has 208 valence electrons. The van der Waals surface area contributed by atoms with Gasteiger partial charge in [0, 0.05) is 28.2 Å². The summed E-state index contributed by atoms with van der Waals surface area (Å²) in [7, 11) is -3.50. The Morgan fingerprint density at radius 1 is 0.875 bits per heavy atom. The molecule has 4 aromatic rings. The number of sulfonamides is 1. The standard InChI is InChI=1S/C32H36N4O3S/c1-21-14-22(2)16-31(15-21)36-25(5)18-29(26(36)6)19-33-34-32(37)28-11-9-27(10-12-28)20-35(40(7,38)39)30-13-8-23(3)24(4)17-30/h8-19H,20H2,1-7H3,(H,34,37)/b33-19+. The van der Waals surface area contributed by atoms with Crippen molar-refractivity contribution >= 4 is 27.8 Å². The Balaban J connectivity index is 1.45. The average Bonchev–Trinajstić information content (AvgIpc) is 3.16. The van der Waals surface area contributed by atoms with Crippen LogP contribution >= 0.6 is 0 Å². The second-order valence-corrected chi connectivity index (χ2v) is 12.3. The number of rotatable bonds is 8. The van der Waals surface area contributed by atoms with Crippen LogP contribution in [0.15, 0.2) is 71.8 Å². The highest BCUT2D eigenvalue weighted by Gasteiger charge is 2.19. The van der Waals surface area contributed by atoms with E-state index in [9.17, 15) is 13.2 Å². The second kappa shape index (κ2) is 11.5. The van der Waals surface area contributed by atoms with Crippen molar-refractivity contribution in [1.29, 1.82) is 0 Å². The quantitative estimate of drug-likeness (QED) is 0.212. The number of aryl methyl sites for hydroxylation is 5. The maximum Gasteiger partial charge on any atom is 0.271 e. The van der Waals surface area contributed by atoms with Crippen molar-refractivity contribution in [2.75, 3.05) is 10.6 Å². The van der Waals surface area contributed by atoms with Crippen molar-refractivity contribution in [2.45, 2.75) is 48.1 Å². The molecule has 1 heterocycles. The molecule has 4 rings (SSSR count). The van der Waals surface area contributed by atoms with Crippen molar-refractivity contribution in [3.63, 3.8) is 0 Å². The Hall–Kier alpha value is -4.17. The van der Waals surface area contributed by atoms with Gasteiger partial charge in [0.1, 0.15) is 0 Å². The van der Waals surface area contributed by atoms with Crippen LogP contribution in [0.4, 0.5) is 5.69 Å². The molecule has 1 N–H and O–H groups in total. The molecule has 0 bridgehead atoms. The van der Waals surface area contributed by atoms with E-state index in [0.717, 1.165) is 39.3 Å². The molecule has 0 aliphatic rings. The summed E-state index contributed by atoms with van der Waals surface area (Å²) in [5.41, 5.74) is 13.0. The topological polar surface area (TPSA) is 83.8 Å². The highest BCUT2D eigenvalue weighted by atomic mass is 32.2. The van der Waals surface area contributed by atoms with Gasteiger partial charge in [-0.25, -0.2) is 13.8 Å². The van der Waals surface area contributed by atoms with Gasteiger partial charge in [-0.15, -0.1) is 0 Å². The first-order valence-corrected chi connectivity index (χ1v) is 14.9. The molecule has 1 aromatic heterocycles. The normalized spacial score (nSPS) is 11.7. The molecule has 0 radical (unpaired) electrons. The lowest BCUT2D eigenvalue weighted by Crippen LogP contribution is -2.29. The molecule has 0 spiro atoms. The summed E-state index contributed by atoms with van der Waals surface area (Å²) in [6.45, 7) is 12.4. The van der Waals surface area contributed by atoms with E-state index in [2.05, 4.69) is 47.1 Å². The first kappa shape index (κ1) is 28.8. The Morgan fingerprint density at radius 3 is 2.12 bits per heavy atom. The molecular weight excluding hydrogens is 520 g/mol. The van der Waals surface area contributed by atoms with Gasteiger partial charge in [-0.2, -0.15) is 5.10 Å². The number of carbonyl (C=O) groups excluding carboxylic acids is 1. The van der Waals surface area contributed by atoms with Gasteiger partial charge in [-0.1, -0.05) is 24.3 Å². The van der Waals surface area contributed by atoms with Crippen molar-refractivity contribution < 1.29 is 13.2 Å². The summed E-state index contributed by atoms with van der Waals surface area (Å²) >= 11 is 0. The van der Waals surface area contributed by atoms with Crippen LogP contribution in [0.25, 0.3) is 5.69 Å². The number of nitrogens with one attached hydrogen (secondary N) is 1. The third-order valence-corrected chi connectivity index (χ3v) is 8.17. The van der Waals surface area contributed by atoms with Gasteiger partial charge < -0.3 is 4.57 Å². The summed E-state index contributed by atoms with van der Waals surface area (Å²) in [4.78, 5) is 12.7. The lowest BCUT2D eigenvalue weighted by Gasteiger charge is -2.23. The minimum Gasteiger partial charge on any atom is -0.318 e. The van der Waals surface area contributed by atoms with E-state index in [4.69, 9.17) is 0 Å². The number of aromatic nitrogens is 1. The van der Waals surface area contributed by atoms with E-state index in [-0.39, 0.29) is 12.5 Å². The zero-order valence-electron chi connectivity index (χ0n) is 24.1. The van der Waals surface area contributed by atoms with E-state index in [0.29, 0.717) is 11.3 Å². The predicted octanol–water partition coefficient (Wildman–Crippen LogP) is 6.06. The molecule has 3 aromatic carbocycles. The maximum atomic E-state index is 12.7. The summed E-state index contributed by atoms with van der Waals surface area (Å²) in [6, 6.07) is 20.9. The van der Waals surface area contributed by atoms with Crippen LogP contribution in [0, 0.1) is 41.5 Å². The zero-order chi connectivity index (χ0) is 29.2. The Kier molecular flexibility index (Phi) is 8.30. The molecule has 0 atom stereocenters. The van der Waals surface area contributed by atoms with Crippen LogP contribution in [-0.2, 0) is 16.6 Å². The third kappa shape index (κ3) is 6.51. The molecule has 7 nitrogen and oxygen atoms in total. The molecule has 40 heavy (non-hydrogen) atoms. The zero-order valence-corrected chi connectivity index (χ0v) is 24.9. The molecule has 0 aliphatic carbocycles. The molecule has 0 aliphatic heterocycles. The maximum absolute atomic E-state index is 12.7. The fourth-order valence-electron chi connectivity index (χ4n) is 4.83. The number of amides is 1. The van der Waals surface area contributed by atoms with Gasteiger partial charge >= 0.3 is 0 Å². The number of benzene rings is 3. The molecule has 0 saturated carbocycles. The number of hydrogen-bond donors (Lipinski definition) is 1. The van der Waals surface area contributed by atoms with Gasteiger partial charge in [0.15, 0.2) is 0 Å². The van der Waals surface area contributed by atoms with E-state index in [1.165, 1.54) is 21.7 Å². The minimum atomic E-state index is -3.50. The van der Waals surface area contributed by atoms with E-state index >= 15 is 0 Å². The van der Waals surface area contributed by atoms with Crippen LogP contribution in [0.5, 0.6) is 0 Å². The lowest BCUT2D eigenvalue weighted by atomic mass is 10.1. The highest BCUT2D eigenvalue weighted by Crippen LogP contribution is 2.24. The number of hydrazone groups is 1.